The van der Waals surface area contributed by atoms with Crippen molar-refractivity contribution in [1.29, 1.82) is 0 Å². The van der Waals surface area contributed by atoms with Crippen LogP contribution in [0.15, 0.2) is 213 Å². The number of hydrogen-bond donors (Lipinski definition) is 0. The molecule has 6 nitrogen and oxygen atoms in total. The SMILES string of the molecule is c1ccc2c(c1)oc1c(-c3ccc(-c4nc(-c5ccc(-c6cccc7c6oc6ccccc67)cc5)nc(-c5ccc(-c6cccc7c6oc6ccccc67)cc5)n4)cc3)cccc12. The Labute approximate surface area is 360 Å². The summed E-state index contributed by atoms with van der Waals surface area (Å²) >= 11 is 0. The lowest BCUT2D eigenvalue weighted by Gasteiger charge is -2.11. The first-order valence-electron chi connectivity index (χ1n) is 21.0. The van der Waals surface area contributed by atoms with Crippen molar-refractivity contribution in [2.75, 3.05) is 0 Å². The van der Waals surface area contributed by atoms with Crippen molar-refractivity contribution in [2.45, 2.75) is 0 Å². The molecule has 0 saturated heterocycles. The van der Waals surface area contributed by atoms with Crippen molar-refractivity contribution in [2.24, 2.45) is 0 Å². The second kappa shape index (κ2) is 14.0. The largest absolute Gasteiger partial charge is 0.455 e. The van der Waals surface area contributed by atoms with E-state index in [0.717, 1.165) is 116 Å². The van der Waals surface area contributed by atoms with Crippen LogP contribution in [0, 0.1) is 0 Å². The second-order valence-corrected chi connectivity index (χ2v) is 15.9. The third kappa shape index (κ3) is 5.76. The third-order valence-corrected chi connectivity index (χ3v) is 12.2. The average molecular weight is 808 g/mol. The molecule has 13 aromatic rings. The minimum Gasteiger partial charge on any atom is -0.455 e. The van der Waals surface area contributed by atoms with Gasteiger partial charge < -0.3 is 13.3 Å². The molecule has 0 spiro atoms. The number of hydrogen-bond acceptors (Lipinski definition) is 6. The summed E-state index contributed by atoms with van der Waals surface area (Å²) < 4.78 is 19.1. The predicted molar refractivity (Wildman–Crippen MR) is 254 cm³/mol. The van der Waals surface area contributed by atoms with Crippen molar-refractivity contribution >= 4 is 65.8 Å². The van der Waals surface area contributed by atoms with E-state index in [2.05, 4.69) is 146 Å². The Morgan fingerprint density at radius 3 is 0.778 bits per heavy atom. The van der Waals surface area contributed by atoms with Gasteiger partial charge in [-0.15, -0.1) is 0 Å². The molecule has 4 heterocycles. The van der Waals surface area contributed by atoms with E-state index in [1.54, 1.807) is 0 Å². The normalized spacial score (nSPS) is 11.8. The monoisotopic (exact) mass is 807 g/mol. The topological polar surface area (TPSA) is 78.1 Å². The van der Waals surface area contributed by atoms with Crippen molar-refractivity contribution in [1.82, 2.24) is 15.0 Å². The zero-order valence-corrected chi connectivity index (χ0v) is 33.6. The Bertz CT molecular complexity index is 3480. The van der Waals surface area contributed by atoms with Gasteiger partial charge in [0.1, 0.15) is 33.5 Å². The predicted octanol–water partition coefficient (Wildman–Crippen LogP) is 15.6. The molecule has 0 fully saturated rings. The first-order valence-corrected chi connectivity index (χ1v) is 21.0. The molecular formula is C57H33N3O3. The summed E-state index contributed by atoms with van der Waals surface area (Å²) in [5.74, 6) is 1.74. The van der Waals surface area contributed by atoms with Gasteiger partial charge in [0.15, 0.2) is 17.5 Å². The molecule has 0 bridgehead atoms. The van der Waals surface area contributed by atoms with Gasteiger partial charge in [0.25, 0.3) is 0 Å². The minimum absolute atomic E-state index is 0.579. The molecule has 6 heteroatoms. The maximum Gasteiger partial charge on any atom is 0.164 e. The van der Waals surface area contributed by atoms with Crippen LogP contribution in [0.1, 0.15) is 0 Å². The molecule has 0 radical (unpaired) electrons. The fourth-order valence-corrected chi connectivity index (χ4v) is 9.08. The molecule has 4 aromatic heterocycles. The Balaban J connectivity index is 0.903. The second-order valence-electron chi connectivity index (χ2n) is 15.9. The number of nitrogens with zero attached hydrogens (tertiary/aromatic N) is 3. The molecule has 294 valence electrons. The van der Waals surface area contributed by atoms with E-state index in [1.165, 1.54) is 0 Å². The summed E-state index contributed by atoms with van der Waals surface area (Å²) in [4.78, 5) is 15.3. The van der Waals surface area contributed by atoms with Crippen LogP contribution >= 0.6 is 0 Å². The van der Waals surface area contributed by atoms with Gasteiger partial charge in [0.2, 0.25) is 0 Å². The highest BCUT2D eigenvalue weighted by Crippen LogP contribution is 2.40. The summed E-state index contributed by atoms with van der Waals surface area (Å²) in [6.45, 7) is 0. The molecule has 0 aliphatic carbocycles. The van der Waals surface area contributed by atoms with Crippen LogP contribution in [-0.4, -0.2) is 15.0 Å². The van der Waals surface area contributed by atoms with Crippen molar-refractivity contribution in [3.8, 4) is 67.5 Å². The number of benzene rings is 9. The van der Waals surface area contributed by atoms with Crippen molar-refractivity contribution in [3.63, 3.8) is 0 Å². The highest BCUT2D eigenvalue weighted by Gasteiger charge is 2.18. The van der Waals surface area contributed by atoms with Crippen molar-refractivity contribution < 1.29 is 13.3 Å². The van der Waals surface area contributed by atoms with Crippen LogP contribution in [0.2, 0.25) is 0 Å². The minimum atomic E-state index is 0.579. The molecule has 13 rings (SSSR count). The van der Waals surface area contributed by atoms with E-state index in [-0.39, 0.29) is 0 Å². The van der Waals surface area contributed by atoms with Crippen LogP contribution in [0.3, 0.4) is 0 Å². The fourth-order valence-electron chi connectivity index (χ4n) is 9.08. The lowest BCUT2D eigenvalue weighted by atomic mass is 10.00. The Morgan fingerprint density at radius 1 is 0.222 bits per heavy atom. The molecule has 0 aliphatic heterocycles. The molecule has 9 aromatic carbocycles. The molecule has 0 atom stereocenters. The summed E-state index contributed by atoms with van der Waals surface area (Å²) in [6, 6.07) is 68.6. The van der Waals surface area contributed by atoms with Gasteiger partial charge in [0, 0.05) is 65.7 Å². The molecule has 0 unspecified atom stereocenters. The molecular weight excluding hydrogens is 775 g/mol. The number of furan rings is 3. The zero-order chi connectivity index (χ0) is 41.4. The van der Waals surface area contributed by atoms with Crippen LogP contribution in [0.5, 0.6) is 0 Å². The maximum atomic E-state index is 6.38. The van der Waals surface area contributed by atoms with E-state index in [9.17, 15) is 0 Å². The van der Waals surface area contributed by atoms with Gasteiger partial charge in [-0.25, -0.2) is 15.0 Å². The molecule has 0 N–H and O–H groups in total. The summed E-state index contributed by atoms with van der Waals surface area (Å²) in [6.07, 6.45) is 0. The number of aromatic nitrogens is 3. The van der Waals surface area contributed by atoms with Crippen LogP contribution in [0.25, 0.3) is 133 Å². The summed E-state index contributed by atoms with van der Waals surface area (Å²) in [7, 11) is 0. The lowest BCUT2D eigenvalue weighted by Crippen LogP contribution is -2.00. The van der Waals surface area contributed by atoms with Crippen LogP contribution in [-0.2, 0) is 0 Å². The van der Waals surface area contributed by atoms with Gasteiger partial charge in [-0.2, -0.15) is 0 Å². The molecule has 0 amide bonds. The van der Waals surface area contributed by atoms with Gasteiger partial charge in [-0.1, -0.05) is 182 Å². The molecule has 63 heavy (non-hydrogen) atoms. The summed E-state index contributed by atoms with van der Waals surface area (Å²) in [5.41, 5.74) is 14.1. The first-order chi connectivity index (χ1) is 31.2. The van der Waals surface area contributed by atoms with Gasteiger partial charge in [-0.3, -0.25) is 0 Å². The van der Waals surface area contributed by atoms with E-state index in [4.69, 9.17) is 28.2 Å². The van der Waals surface area contributed by atoms with E-state index in [0.29, 0.717) is 17.5 Å². The lowest BCUT2D eigenvalue weighted by molar-refractivity contribution is 0.669. The van der Waals surface area contributed by atoms with Gasteiger partial charge in [-0.05, 0) is 34.9 Å². The summed E-state index contributed by atoms with van der Waals surface area (Å²) in [5, 5.41) is 6.61. The standard InChI is InChI=1S/C57H33N3O3/c1-4-19-49-43(10-1)46-16-7-13-40(52(46)61-49)34-22-28-37(29-23-34)55-58-56(38-30-24-35(25-31-38)41-14-8-17-47-44-11-2-5-20-50(44)62-53(41)47)60-57(59-55)39-32-26-36(27-33-39)42-15-9-18-48-45-12-3-6-21-51(45)63-54(42)48/h1-33H. The Kier molecular flexibility index (Phi) is 7.80. The average Bonchev–Trinajstić information content (AvgIpc) is 4.06. The van der Waals surface area contributed by atoms with E-state index < -0.39 is 0 Å². The Morgan fingerprint density at radius 2 is 0.476 bits per heavy atom. The smallest absolute Gasteiger partial charge is 0.164 e. The van der Waals surface area contributed by atoms with E-state index in [1.807, 2.05) is 54.6 Å². The highest BCUT2D eigenvalue weighted by molar-refractivity contribution is 6.11. The van der Waals surface area contributed by atoms with Crippen LogP contribution in [0.4, 0.5) is 0 Å². The molecule has 0 aliphatic rings. The van der Waals surface area contributed by atoms with Crippen LogP contribution < -0.4 is 0 Å². The fraction of sp³-hybridized carbons (Fsp3) is 0. The quantitative estimate of drug-likeness (QED) is 0.166. The van der Waals surface area contributed by atoms with Gasteiger partial charge >= 0.3 is 0 Å². The number of fused-ring (bicyclic) bond motifs is 9. The molecule has 0 saturated carbocycles. The highest BCUT2D eigenvalue weighted by atomic mass is 16.3. The zero-order valence-electron chi connectivity index (χ0n) is 33.6. The number of para-hydroxylation sites is 6. The maximum absolute atomic E-state index is 6.38. The van der Waals surface area contributed by atoms with E-state index >= 15 is 0 Å². The van der Waals surface area contributed by atoms with Crippen molar-refractivity contribution in [3.05, 3.63) is 200 Å². The number of rotatable bonds is 6. The van der Waals surface area contributed by atoms with Gasteiger partial charge in [0.05, 0.1) is 0 Å². The third-order valence-electron chi connectivity index (χ3n) is 12.2. The Hall–Kier alpha value is -8.61. The first kappa shape index (κ1) is 35.2.